The Hall–Kier alpha value is -1.99. The highest BCUT2D eigenvalue weighted by Crippen LogP contribution is 2.25. The zero-order chi connectivity index (χ0) is 13.8. The summed E-state index contributed by atoms with van der Waals surface area (Å²) >= 11 is 0. The Bertz CT molecular complexity index is 436. The topological polar surface area (TPSA) is 113 Å². The first-order chi connectivity index (χ1) is 8.42. The summed E-state index contributed by atoms with van der Waals surface area (Å²) in [5.41, 5.74) is -2.58. The fourth-order valence-electron chi connectivity index (χ4n) is 1.64. The molecular formula is C11H14N2O5. The number of carbonyl (C=O) groups is 1. The van der Waals surface area contributed by atoms with Gasteiger partial charge in [0.2, 0.25) is 5.91 Å². The smallest absolute Gasteiger partial charge is 0.371 e. The van der Waals surface area contributed by atoms with Crippen molar-refractivity contribution in [2.24, 2.45) is 0 Å². The third-order valence-electron chi connectivity index (χ3n) is 2.52. The Kier molecular flexibility index (Phi) is 4.35. The predicted molar refractivity (Wildman–Crippen MR) is 62.0 cm³/mol. The molecule has 0 aliphatic heterocycles. The highest BCUT2D eigenvalue weighted by atomic mass is 16.7. The van der Waals surface area contributed by atoms with Gasteiger partial charge in [-0.25, -0.2) is 0 Å². The van der Waals surface area contributed by atoms with Crippen molar-refractivity contribution >= 4 is 5.91 Å². The van der Waals surface area contributed by atoms with Crippen LogP contribution in [0.5, 0.6) is 0 Å². The molecule has 2 unspecified atom stereocenters. The molecule has 0 saturated carbocycles. The minimum atomic E-state index is -2.57. The second-order valence-corrected chi connectivity index (χ2v) is 3.78. The number of hydrogen-bond acceptors (Lipinski definition) is 5. The van der Waals surface area contributed by atoms with Crippen molar-refractivity contribution in [1.82, 2.24) is 5.32 Å². The number of aliphatic hydroxyl groups is 2. The minimum absolute atomic E-state index is 0.0113. The van der Waals surface area contributed by atoms with E-state index < -0.39 is 29.2 Å². The van der Waals surface area contributed by atoms with Gasteiger partial charge in [0.15, 0.2) is 6.04 Å². The number of hydrogen-bond donors (Lipinski definition) is 3. The van der Waals surface area contributed by atoms with Crippen LogP contribution < -0.4 is 5.32 Å². The van der Waals surface area contributed by atoms with Crippen molar-refractivity contribution in [3.63, 3.8) is 0 Å². The summed E-state index contributed by atoms with van der Waals surface area (Å²) in [6.07, 6.45) is 0. The van der Waals surface area contributed by atoms with Crippen molar-refractivity contribution < 1.29 is 19.9 Å². The number of amides is 1. The average Bonchev–Trinajstić information content (AvgIpc) is 2.35. The van der Waals surface area contributed by atoms with E-state index in [0.717, 1.165) is 6.92 Å². The Balaban J connectivity index is 3.22. The first-order valence-corrected chi connectivity index (χ1v) is 5.23. The maximum atomic E-state index is 11.1. The second-order valence-electron chi connectivity index (χ2n) is 3.78. The normalized spacial score (nSPS) is 15.5. The average molecular weight is 254 g/mol. The number of benzene rings is 1. The van der Waals surface area contributed by atoms with Crippen molar-refractivity contribution in [1.29, 1.82) is 0 Å². The fourth-order valence-corrected chi connectivity index (χ4v) is 1.64. The quantitative estimate of drug-likeness (QED) is 0.376. The summed E-state index contributed by atoms with van der Waals surface area (Å²) in [7, 11) is 0. The van der Waals surface area contributed by atoms with Gasteiger partial charge in [-0.15, -0.1) is 0 Å². The summed E-state index contributed by atoms with van der Waals surface area (Å²) in [5.74, 6) is -0.578. The van der Waals surface area contributed by atoms with Crippen LogP contribution in [-0.4, -0.2) is 33.7 Å². The van der Waals surface area contributed by atoms with Gasteiger partial charge in [0, 0.05) is 6.92 Å². The van der Waals surface area contributed by atoms with E-state index >= 15 is 0 Å². The summed E-state index contributed by atoms with van der Waals surface area (Å²) in [6.45, 7) is 0.389. The fraction of sp³-hybridized carbons (Fsp3) is 0.364. The molecule has 0 saturated heterocycles. The molecule has 2 atom stereocenters. The van der Waals surface area contributed by atoms with E-state index in [2.05, 4.69) is 5.32 Å². The van der Waals surface area contributed by atoms with Crippen LogP contribution in [0.25, 0.3) is 0 Å². The van der Waals surface area contributed by atoms with Crippen LogP contribution in [0.15, 0.2) is 30.3 Å². The molecule has 0 aliphatic carbocycles. The molecule has 0 radical (unpaired) electrons. The summed E-state index contributed by atoms with van der Waals surface area (Å²) < 4.78 is 0. The second kappa shape index (κ2) is 5.56. The molecule has 0 spiro atoms. The van der Waals surface area contributed by atoms with E-state index in [4.69, 9.17) is 5.11 Å². The van der Waals surface area contributed by atoms with Gasteiger partial charge in [0.05, 0.1) is 17.1 Å². The van der Waals surface area contributed by atoms with Crippen LogP contribution in [0.1, 0.15) is 12.5 Å². The number of carbonyl (C=O) groups excluding carboxylic acids is 1. The van der Waals surface area contributed by atoms with Crippen molar-refractivity contribution in [3.05, 3.63) is 46.0 Å². The minimum Gasteiger partial charge on any atom is -0.394 e. The predicted octanol–water partition coefficient (Wildman–Crippen LogP) is -0.395. The van der Waals surface area contributed by atoms with Gasteiger partial charge in [-0.3, -0.25) is 14.9 Å². The number of aliphatic hydroxyl groups excluding tert-OH is 1. The van der Waals surface area contributed by atoms with Crippen molar-refractivity contribution in [3.8, 4) is 0 Å². The van der Waals surface area contributed by atoms with Crippen LogP contribution in [0.2, 0.25) is 0 Å². The molecule has 0 heterocycles. The molecular weight excluding hydrogens is 240 g/mol. The van der Waals surface area contributed by atoms with Crippen LogP contribution in [0.4, 0.5) is 0 Å². The van der Waals surface area contributed by atoms with Crippen LogP contribution in [0.3, 0.4) is 0 Å². The molecule has 1 aromatic carbocycles. The van der Waals surface area contributed by atoms with Gasteiger partial charge in [-0.05, 0) is 12.1 Å². The Morgan fingerprint density at radius 3 is 2.44 bits per heavy atom. The van der Waals surface area contributed by atoms with Crippen LogP contribution in [-0.2, 0) is 10.5 Å². The van der Waals surface area contributed by atoms with Crippen LogP contribution >= 0.6 is 0 Å². The lowest BCUT2D eigenvalue weighted by molar-refractivity contribution is -0.641. The van der Waals surface area contributed by atoms with Crippen molar-refractivity contribution in [2.75, 3.05) is 6.61 Å². The zero-order valence-electron chi connectivity index (χ0n) is 9.74. The molecule has 0 aliphatic rings. The monoisotopic (exact) mass is 254 g/mol. The third kappa shape index (κ3) is 2.63. The number of nitrogens with zero attached hydrogens (tertiary/aromatic N) is 1. The maximum absolute atomic E-state index is 11.1. The van der Waals surface area contributed by atoms with E-state index in [1.165, 1.54) is 24.3 Å². The third-order valence-corrected chi connectivity index (χ3v) is 2.52. The lowest BCUT2D eigenvalue weighted by atomic mass is 9.95. The standard InChI is InChI=1S/C11H14N2O5/c1-8(15)12-10(7-14)11(16,13(17)18)9-5-3-2-4-6-9/h2-6,10,14,16H,7H2,1H3,(H,12,15). The molecule has 0 fully saturated rings. The van der Waals surface area contributed by atoms with Crippen LogP contribution in [0, 0.1) is 10.1 Å². The molecule has 3 N–H and O–H groups in total. The molecule has 7 nitrogen and oxygen atoms in total. The van der Waals surface area contributed by atoms with Gasteiger partial charge in [-0.1, -0.05) is 18.2 Å². The summed E-state index contributed by atoms with van der Waals surface area (Å²) in [6, 6.07) is 5.96. The summed E-state index contributed by atoms with van der Waals surface area (Å²) in [5, 5.41) is 32.6. The number of nitrogens with one attached hydrogen (secondary N) is 1. The molecule has 0 bridgehead atoms. The molecule has 98 valence electrons. The Morgan fingerprint density at radius 2 is 2.06 bits per heavy atom. The summed E-state index contributed by atoms with van der Waals surface area (Å²) in [4.78, 5) is 21.1. The van der Waals surface area contributed by atoms with Gasteiger partial charge in [0.25, 0.3) is 0 Å². The van der Waals surface area contributed by atoms with Gasteiger partial charge in [0.1, 0.15) is 0 Å². The Labute approximate surface area is 103 Å². The number of nitro groups is 1. The molecule has 7 heteroatoms. The molecule has 1 amide bonds. The maximum Gasteiger partial charge on any atom is 0.371 e. The number of rotatable bonds is 5. The van der Waals surface area contributed by atoms with Gasteiger partial charge in [-0.2, -0.15) is 0 Å². The van der Waals surface area contributed by atoms with Gasteiger partial charge < -0.3 is 15.5 Å². The van der Waals surface area contributed by atoms with E-state index in [1.807, 2.05) is 0 Å². The van der Waals surface area contributed by atoms with E-state index in [1.54, 1.807) is 6.07 Å². The highest BCUT2D eigenvalue weighted by Gasteiger charge is 2.51. The lowest BCUT2D eigenvalue weighted by Gasteiger charge is -2.27. The van der Waals surface area contributed by atoms with E-state index in [9.17, 15) is 20.0 Å². The highest BCUT2D eigenvalue weighted by molar-refractivity contribution is 5.73. The Morgan fingerprint density at radius 1 is 1.50 bits per heavy atom. The molecule has 1 rings (SSSR count). The van der Waals surface area contributed by atoms with E-state index in [-0.39, 0.29) is 5.56 Å². The lowest BCUT2D eigenvalue weighted by Crippen LogP contribution is -2.56. The van der Waals surface area contributed by atoms with E-state index in [0.29, 0.717) is 0 Å². The zero-order valence-corrected chi connectivity index (χ0v) is 9.74. The van der Waals surface area contributed by atoms with Crippen molar-refractivity contribution in [2.45, 2.75) is 18.7 Å². The van der Waals surface area contributed by atoms with Gasteiger partial charge >= 0.3 is 5.72 Å². The molecule has 18 heavy (non-hydrogen) atoms. The first-order valence-electron chi connectivity index (χ1n) is 5.23. The largest absolute Gasteiger partial charge is 0.394 e. The SMILES string of the molecule is CC(=O)NC(CO)C(O)(c1ccccc1)[N+](=O)[O-]. The first kappa shape index (κ1) is 14.1. The molecule has 0 aromatic heterocycles. The molecule has 1 aromatic rings.